The van der Waals surface area contributed by atoms with E-state index in [1.54, 1.807) is 13.1 Å². The Bertz CT molecular complexity index is 870. The summed E-state index contributed by atoms with van der Waals surface area (Å²) in [7, 11) is 0. The Morgan fingerprint density at radius 2 is 2.14 bits per heavy atom. The van der Waals surface area contributed by atoms with Crippen molar-refractivity contribution in [3.8, 4) is 11.9 Å². The van der Waals surface area contributed by atoms with Crippen LogP contribution in [-0.2, 0) is 6.54 Å². The molecule has 3 N–H and O–H groups in total. The van der Waals surface area contributed by atoms with Crippen molar-refractivity contribution < 1.29 is 9.53 Å². The van der Waals surface area contributed by atoms with Gasteiger partial charge >= 0.3 is 0 Å². The summed E-state index contributed by atoms with van der Waals surface area (Å²) in [6.07, 6.45) is 5.45. The van der Waals surface area contributed by atoms with Crippen molar-refractivity contribution in [3.63, 3.8) is 0 Å². The van der Waals surface area contributed by atoms with Crippen LogP contribution in [0.5, 0.6) is 5.88 Å². The first kappa shape index (κ1) is 19.4. The number of nitrogens with zero attached hydrogens (tertiary/aromatic N) is 4. The summed E-state index contributed by atoms with van der Waals surface area (Å²) in [6.45, 7) is 4.49. The normalized spacial score (nSPS) is 13.6. The molecule has 8 heteroatoms. The van der Waals surface area contributed by atoms with Crippen LogP contribution in [0.3, 0.4) is 0 Å². The minimum atomic E-state index is -0.391. The molecule has 28 heavy (non-hydrogen) atoms. The number of ether oxygens (including phenoxy) is 1. The molecule has 3 rings (SSSR count). The summed E-state index contributed by atoms with van der Waals surface area (Å²) in [6, 6.07) is 7.28. The third-order valence-corrected chi connectivity index (χ3v) is 4.58. The number of rotatable bonds is 6. The fourth-order valence-electron chi connectivity index (χ4n) is 3.11. The molecule has 0 saturated carbocycles. The molecule has 2 aromatic heterocycles. The molecule has 3 heterocycles. The molecular formula is C20H24N6O2. The van der Waals surface area contributed by atoms with Crippen LogP contribution in [0, 0.1) is 11.3 Å². The van der Waals surface area contributed by atoms with Gasteiger partial charge in [0.15, 0.2) is 0 Å². The number of aromatic nitrogens is 2. The number of pyridine rings is 2. The van der Waals surface area contributed by atoms with Crippen molar-refractivity contribution in [3.05, 3.63) is 41.2 Å². The predicted octanol–water partition coefficient (Wildman–Crippen LogP) is 2.25. The molecule has 0 radical (unpaired) electrons. The highest BCUT2D eigenvalue weighted by Crippen LogP contribution is 2.23. The molecule has 0 atom stereocenters. The average Bonchev–Trinajstić information content (AvgIpc) is 2.73. The zero-order valence-electron chi connectivity index (χ0n) is 15.9. The Morgan fingerprint density at radius 1 is 1.36 bits per heavy atom. The zero-order chi connectivity index (χ0) is 19.9. The Hall–Kier alpha value is -3.34. The lowest BCUT2D eigenvalue weighted by Gasteiger charge is -2.27. The van der Waals surface area contributed by atoms with E-state index in [9.17, 15) is 4.79 Å². The highest BCUT2D eigenvalue weighted by molar-refractivity contribution is 5.93. The van der Waals surface area contributed by atoms with Crippen LogP contribution in [0.2, 0.25) is 0 Å². The summed E-state index contributed by atoms with van der Waals surface area (Å²) in [5.74, 6) is 0.651. The van der Waals surface area contributed by atoms with Crippen molar-refractivity contribution >= 4 is 17.4 Å². The van der Waals surface area contributed by atoms with Gasteiger partial charge in [0, 0.05) is 25.8 Å². The van der Waals surface area contributed by atoms with E-state index in [1.165, 1.54) is 25.3 Å². The molecule has 1 aliphatic heterocycles. The summed E-state index contributed by atoms with van der Waals surface area (Å²) in [5, 5.41) is 12.0. The Morgan fingerprint density at radius 3 is 2.79 bits per heavy atom. The molecule has 0 aliphatic carbocycles. The first-order valence-electron chi connectivity index (χ1n) is 9.44. The third kappa shape index (κ3) is 4.49. The molecule has 0 aromatic carbocycles. The lowest BCUT2D eigenvalue weighted by Crippen LogP contribution is -2.30. The van der Waals surface area contributed by atoms with Gasteiger partial charge in [-0.2, -0.15) is 5.26 Å². The molecular weight excluding hydrogens is 356 g/mol. The van der Waals surface area contributed by atoms with Gasteiger partial charge in [-0.15, -0.1) is 0 Å². The summed E-state index contributed by atoms with van der Waals surface area (Å²) >= 11 is 0. The van der Waals surface area contributed by atoms with Gasteiger partial charge in [-0.25, -0.2) is 9.97 Å². The average molecular weight is 380 g/mol. The quantitative estimate of drug-likeness (QED) is 0.789. The lowest BCUT2D eigenvalue weighted by molar-refractivity contribution is 0.0945. The number of anilines is 2. The van der Waals surface area contributed by atoms with Gasteiger partial charge in [-0.1, -0.05) is 6.07 Å². The van der Waals surface area contributed by atoms with E-state index in [0.29, 0.717) is 13.2 Å². The van der Waals surface area contributed by atoms with E-state index >= 15 is 0 Å². The number of piperidine rings is 1. The molecule has 1 aliphatic rings. The summed E-state index contributed by atoms with van der Waals surface area (Å²) in [4.78, 5) is 23.4. The molecule has 2 aromatic rings. The maximum absolute atomic E-state index is 12.4. The SMILES string of the molecule is CCOc1nc(C(=O)NCc2ccc(N3CCCCC3)nc2)cc(N)c1C#N. The van der Waals surface area contributed by atoms with Gasteiger partial charge in [0.2, 0.25) is 5.88 Å². The van der Waals surface area contributed by atoms with Crippen molar-refractivity contribution in [1.29, 1.82) is 5.26 Å². The molecule has 8 nitrogen and oxygen atoms in total. The van der Waals surface area contributed by atoms with E-state index in [-0.39, 0.29) is 22.8 Å². The van der Waals surface area contributed by atoms with Crippen LogP contribution < -0.4 is 20.7 Å². The smallest absolute Gasteiger partial charge is 0.270 e. The molecule has 0 bridgehead atoms. The van der Waals surface area contributed by atoms with Crippen LogP contribution >= 0.6 is 0 Å². The van der Waals surface area contributed by atoms with E-state index in [2.05, 4.69) is 20.2 Å². The number of nitrogen functional groups attached to an aromatic ring is 1. The molecule has 0 unspecified atom stereocenters. The first-order chi connectivity index (χ1) is 13.6. The van der Waals surface area contributed by atoms with E-state index < -0.39 is 5.91 Å². The second-order valence-corrected chi connectivity index (χ2v) is 6.58. The predicted molar refractivity (Wildman–Crippen MR) is 106 cm³/mol. The van der Waals surface area contributed by atoms with Crippen LogP contribution in [0.4, 0.5) is 11.5 Å². The number of hydrogen-bond acceptors (Lipinski definition) is 7. The van der Waals surface area contributed by atoms with E-state index in [4.69, 9.17) is 15.7 Å². The summed E-state index contributed by atoms with van der Waals surface area (Å²) < 4.78 is 5.32. The zero-order valence-corrected chi connectivity index (χ0v) is 15.9. The minimum absolute atomic E-state index is 0.0719. The number of hydrogen-bond donors (Lipinski definition) is 2. The van der Waals surface area contributed by atoms with Gasteiger partial charge in [0.1, 0.15) is 23.1 Å². The fraction of sp³-hybridized carbons (Fsp3) is 0.400. The van der Waals surface area contributed by atoms with Crippen molar-refractivity contribution in [2.45, 2.75) is 32.7 Å². The van der Waals surface area contributed by atoms with Crippen LogP contribution in [0.15, 0.2) is 24.4 Å². The standard InChI is InChI=1S/C20H24N6O2/c1-2-28-20-15(11-21)16(22)10-17(25-20)19(27)24-13-14-6-7-18(23-12-14)26-8-4-3-5-9-26/h6-7,10,12H,2-5,8-9,13H2,1H3,(H2,22,25)(H,24,27). The maximum atomic E-state index is 12.4. The van der Waals surface area contributed by atoms with Gasteiger partial charge in [-0.3, -0.25) is 4.79 Å². The van der Waals surface area contributed by atoms with E-state index in [0.717, 1.165) is 24.5 Å². The second kappa shape index (κ2) is 9.04. The Kier molecular flexibility index (Phi) is 6.27. The van der Waals surface area contributed by atoms with Crippen LogP contribution in [0.1, 0.15) is 47.8 Å². The molecule has 1 fully saturated rings. The van der Waals surface area contributed by atoms with Gasteiger partial charge < -0.3 is 20.7 Å². The van der Waals surface area contributed by atoms with Gasteiger partial charge in [0.25, 0.3) is 5.91 Å². The number of carbonyl (C=O) groups excluding carboxylic acids is 1. The highest BCUT2D eigenvalue weighted by Gasteiger charge is 2.16. The fourth-order valence-corrected chi connectivity index (χ4v) is 3.11. The summed E-state index contributed by atoms with van der Waals surface area (Å²) in [5.41, 5.74) is 7.16. The monoisotopic (exact) mass is 380 g/mol. The number of nitrogens with two attached hydrogens (primary N) is 1. The number of nitriles is 1. The number of nitrogens with one attached hydrogen (secondary N) is 1. The third-order valence-electron chi connectivity index (χ3n) is 4.58. The van der Waals surface area contributed by atoms with Gasteiger partial charge in [-0.05, 0) is 43.9 Å². The van der Waals surface area contributed by atoms with Crippen molar-refractivity contribution in [1.82, 2.24) is 15.3 Å². The minimum Gasteiger partial charge on any atom is -0.477 e. The van der Waals surface area contributed by atoms with Crippen molar-refractivity contribution in [2.24, 2.45) is 0 Å². The molecule has 1 amide bonds. The number of amides is 1. The highest BCUT2D eigenvalue weighted by atomic mass is 16.5. The number of carbonyl (C=O) groups is 1. The van der Waals surface area contributed by atoms with E-state index in [1.807, 2.05) is 18.2 Å². The Balaban J connectivity index is 1.64. The molecule has 0 spiro atoms. The topological polar surface area (TPSA) is 117 Å². The van der Waals surface area contributed by atoms with Crippen molar-refractivity contribution in [2.75, 3.05) is 30.3 Å². The van der Waals surface area contributed by atoms with Gasteiger partial charge in [0.05, 0.1) is 12.3 Å². The Labute approximate surface area is 164 Å². The second-order valence-electron chi connectivity index (χ2n) is 6.58. The van der Waals surface area contributed by atoms with Crippen LogP contribution in [-0.4, -0.2) is 35.6 Å². The van der Waals surface area contributed by atoms with Crippen LogP contribution in [0.25, 0.3) is 0 Å². The molecule has 1 saturated heterocycles. The maximum Gasteiger partial charge on any atom is 0.270 e. The largest absolute Gasteiger partial charge is 0.477 e. The first-order valence-corrected chi connectivity index (χ1v) is 9.44. The molecule has 146 valence electrons. The lowest BCUT2D eigenvalue weighted by atomic mass is 10.1.